The monoisotopic (exact) mass is 337 g/mol. The molecule has 1 fully saturated rings. The highest BCUT2D eigenvalue weighted by Crippen LogP contribution is 2.28. The summed E-state index contributed by atoms with van der Waals surface area (Å²) in [6.07, 6.45) is 1.31. The molecule has 0 saturated carbocycles. The second-order valence-corrected chi connectivity index (χ2v) is 7.22. The Morgan fingerprint density at radius 3 is 2.86 bits per heavy atom. The van der Waals surface area contributed by atoms with Crippen molar-refractivity contribution >= 4 is 21.6 Å². The fourth-order valence-electron chi connectivity index (χ4n) is 2.35. The number of benzene rings is 1. The van der Waals surface area contributed by atoms with Crippen molar-refractivity contribution in [2.45, 2.75) is 30.4 Å². The average molecular weight is 338 g/mol. The van der Waals surface area contributed by atoms with Crippen LogP contribution in [-0.2, 0) is 21.4 Å². The standard InChI is InChI=1S/C13H17ClFNO4S/c1-20-10-3-2-4-16(7-10)21(18,19)11-5-9(8-17)13(14)12(15)6-11/h5-6,10,17H,2-4,7-8H2,1H3. The van der Waals surface area contributed by atoms with Crippen LogP contribution in [0.4, 0.5) is 4.39 Å². The molecule has 0 bridgehead atoms. The Bertz CT molecular complexity index is 623. The first-order chi connectivity index (χ1) is 9.90. The van der Waals surface area contributed by atoms with E-state index in [0.717, 1.165) is 12.5 Å². The van der Waals surface area contributed by atoms with Crippen molar-refractivity contribution in [1.82, 2.24) is 4.31 Å². The number of methoxy groups -OCH3 is 1. The van der Waals surface area contributed by atoms with E-state index in [-0.39, 0.29) is 28.1 Å². The Morgan fingerprint density at radius 1 is 1.52 bits per heavy atom. The molecule has 1 N–H and O–H groups in total. The van der Waals surface area contributed by atoms with Crippen molar-refractivity contribution in [3.63, 3.8) is 0 Å². The number of rotatable bonds is 4. The van der Waals surface area contributed by atoms with Crippen LogP contribution in [-0.4, -0.2) is 44.1 Å². The van der Waals surface area contributed by atoms with Crippen LogP contribution in [0.5, 0.6) is 0 Å². The maximum atomic E-state index is 13.7. The lowest BCUT2D eigenvalue weighted by Crippen LogP contribution is -2.42. The van der Waals surface area contributed by atoms with E-state index in [4.69, 9.17) is 21.4 Å². The first-order valence-electron chi connectivity index (χ1n) is 6.52. The molecule has 1 atom stereocenters. The van der Waals surface area contributed by atoms with Gasteiger partial charge in [-0.25, -0.2) is 12.8 Å². The molecule has 2 rings (SSSR count). The van der Waals surface area contributed by atoms with Crippen molar-refractivity contribution in [3.05, 3.63) is 28.5 Å². The number of aliphatic hydroxyl groups excluding tert-OH is 1. The zero-order valence-electron chi connectivity index (χ0n) is 11.6. The summed E-state index contributed by atoms with van der Waals surface area (Å²) < 4.78 is 45.3. The maximum absolute atomic E-state index is 13.7. The number of halogens is 2. The molecule has 1 aromatic rings. The van der Waals surface area contributed by atoms with Gasteiger partial charge in [0.2, 0.25) is 10.0 Å². The normalized spacial score (nSPS) is 20.7. The lowest BCUT2D eigenvalue weighted by molar-refractivity contribution is 0.0572. The predicted octanol–water partition coefficient (Wildman–Crippen LogP) is 1.77. The predicted molar refractivity (Wildman–Crippen MR) is 76.1 cm³/mol. The topological polar surface area (TPSA) is 66.8 Å². The van der Waals surface area contributed by atoms with Gasteiger partial charge >= 0.3 is 0 Å². The minimum absolute atomic E-state index is 0.0514. The first-order valence-corrected chi connectivity index (χ1v) is 8.33. The van der Waals surface area contributed by atoms with Crippen LogP contribution in [0.1, 0.15) is 18.4 Å². The minimum Gasteiger partial charge on any atom is -0.392 e. The number of piperidine rings is 1. The smallest absolute Gasteiger partial charge is 0.243 e. The summed E-state index contributed by atoms with van der Waals surface area (Å²) in [4.78, 5) is -0.204. The highest BCUT2D eigenvalue weighted by molar-refractivity contribution is 7.89. The molecule has 118 valence electrons. The molecule has 21 heavy (non-hydrogen) atoms. The van der Waals surface area contributed by atoms with Crippen molar-refractivity contribution in [3.8, 4) is 0 Å². The van der Waals surface area contributed by atoms with Crippen molar-refractivity contribution in [2.24, 2.45) is 0 Å². The zero-order valence-corrected chi connectivity index (χ0v) is 13.1. The number of aliphatic hydroxyl groups is 1. The van der Waals surface area contributed by atoms with Crippen LogP contribution >= 0.6 is 11.6 Å². The Kier molecular flexibility index (Phi) is 5.21. The molecule has 1 aromatic carbocycles. The Labute approximate surface area is 128 Å². The summed E-state index contributed by atoms with van der Waals surface area (Å²) in [6.45, 7) is 0.0677. The van der Waals surface area contributed by atoms with E-state index >= 15 is 0 Å². The van der Waals surface area contributed by atoms with Gasteiger partial charge in [-0.05, 0) is 25.0 Å². The SMILES string of the molecule is COC1CCCN(S(=O)(=O)c2cc(F)c(Cl)c(CO)c2)C1. The maximum Gasteiger partial charge on any atom is 0.243 e. The lowest BCUT2D eigenvalue weighted by atomic mass is 10.1. The number of sulfonamides is 1. The van der Waals surface area contributed by atoms with Crippen molar-refractivity contribution < 1.29 is 22.7 Å². The third-order valence-electron chi connectivity index (χ3n) is 3.56. The van der Waals surface area contributed by atoms with E-state index in [2.05, 4.69) is 0 Å². The molecule has 1 aliphatic heterocycles. The summed E-state index contributed by atoms with van der Waals surface area (Å²) in [6, 6.07) is 2.09. The van der Waals surface area contributed by atoms with Crippen LogP contribution in [0.2, 0.25) is 5.02 Å². The van der Waals surface area contributed by atoms with Gasteiger partial charge in [0.05, 0.1) is 22.6 Å². The largest absolute Gasteiger partial charge is 0.392 e. The van der Waals surface area contributed by atoms with Crippen LogP contribution < -0.4 is 0 Å². The Morgan fingerprint density at radius 2 is 2.24 bits per heavy atom. The van der Waals surface area contributed by atoms with Gasteiger partial charge in [0.1, 0.15) is 5.82 Å². The van der Waals surface area contributed by atoms with Crippen LogP contribution in [0.3, 0.4) is 0 Å². The van der Waals surface area contributed by atoms with Gasteiger partial charge in [-0.15, -0.1) is 0 Å². The van der Waals surface area contributed by atoms with Gasteiger partial charge in [-0.3, -0.25) is 0 Å². The van der Waals surface area contributed by atoms with Gasteiger partial charge in [0.25, 0.3) is 0 Å². The Balaban J connectivity index is 2.37. The van der Waals surface area contributed by atoms with Crippen LogP contribution in [0.15, 0.2) is 17.0 Å². The number of hydrogen-bond acceptors (Lipinski definition) is 4. The summed E-state index contributed by atoms with van der Waals surface area (Å²) in [5.74, 6) is -0.859. The molecule has 0 aliphatic carbocycles. The van der Waals surface area contributed by atoms with Crippen LogP contribution in [0, 0.1) is 5.82 Å². The highest BCUT2D eigenvalue weighted by Gasteiger charge is 2.31. The molecular weight excluding hydrogens is 321 g/mol. The third kappa shape index (κ3) is 3.37. The van der Waals surface area contributed by atoms with E-state index < -0.39 is 22.4 Å². The zero-order chi connectivity index (χ0) is 15.6. The molecule has 8 heteroatoms. The highest BCUT2D eigenvalue weighted by atomic mass is 35.5. The van der Waals surface area contributed by atoms with Gasteiger partial charge in [-0.2, -0.15) is 4.31 Å². The summed E-state index contributed by atoms with van der Waals surface area (Å²) in [7, 11) is -2.30. The van der Waals surface area contributed by atoms with Gasteiger partial charge in [0, 0.05) is 25.8 Å². The van der Waals surface area contributed by atoms with E-state index in [9.17, 15) is 12.8 Å². The molecule has 1 saturated heterocycles. The minimum atomic E-state index is -3.83. The van der Waals surface area contributed by atoms with E-state index in [0.29, 0.717) is 13.0 Å². The molecule has 5 nitrogen and oxygen atoms in total. The first kappa shape index (κ1) is 16.6. The van der Waals surface area contributed by atoms with Gasteiger partial charge < -0.3 is 9.84 Å². The van der Waals surface area contributed by atoms with Crippen molar-refractivity contribution in [2.75, 3.05) is 20.2 Å². The molecular formula is C13H17ClFNO4S. The molecule has 1 aliphatic rings. The molecule has 0 amide bonds. The molecule has 1 heterocycles. The van der Waals surface area contributed by atoms with E-state index in [1.54, 1.807) is 0 Å². The fraction of sp³-hybridized carbons (Fsp3) is 0.538. The second kappa shape index (κ2) is 6.58. The molecule has 0 radical (unpaired) electrons. The number of hydrogen-bond donors (Lipinski definition) is 1. The van der Waals surface area contributed by atoms with Gasteiger partial charge in [-0.1, -0.05) is 11.6 Å². The van der Waals surface area contributed by atoms with Gasteiger partial charge in [0.15, 0.2) is 0 Å². The second-order valence-electron chi connectivity index (χ2n) is 4.90. The summed E-state index contributed by atoms with van der Waals surface area (Å²) in [5.41, 5.74) is 0.0514. The fourth-order valence-corrected chi connectivity index (χ4v) is 4.09. The third-order valence-corrected chi connectivity index (χ3v) is 5.83. The van der Waals surface area contributed by atoms with E-state index in [1.807, 2.05) is 0 Å². The molecule has 0 spiro atoms. The van der Waals surface area contributed by atoms with Crippen molar-refractivity contribution in [1.29, 1.82) is 0 Å². The summed E-state index contributed by atoms with van der Waals surface area (Å²) >= 11 is 5.68. The molecule has 1 unspecified atom stereocenters. The Hall–Kier alpha value is -0.730. The number of ether oxygens (including phenoxy) is 1. The quantitative estimate of drug-likeness (QED) is 0.909. The van der Waals surface area contributed by atoms with E-state index in [1.165, 1.54) is 17.5 Å². The lowest BCUT2D eigenvalue weighted by Gasteiger charge is -2.31. The summed E-state index contributed by atoms with van der Waals surface area (Å²) in [5, 5.41) is 8.88. The molecule has 0 aromatic heterocycles. The number of nitrogens with zero attached hydrogens (tertiary/aromatic N) is 1. The average Bonchev–Trinajstić information content (AvgIpc) is 2.49. The van der Waals surface area contributed by atoms with Crippen LogP contribution in [0.25, 0.3) is 0 Å².